The van der Waals surface area contributed by atoms with E-state index < -0.39 is 0 Å². The molecule has 0 unspecified atom stereocenters. The van der Waals surface area contributed by atoms with Crippen LogP contribution in [0.15, 0.2) is 12.1 Å². The van der Waals surface area contributed by atoms with E-state index in [1.54, 1.807) is 12.1 Å². The number of ether oxygens (including phenoxy) is 2. The molecule has 10 heteroatoms. The van der Waals surface area contributed by atoms with Crippen molar-refractivity contribution in [3.8, 4) is 11.5 Å². The van der Waals surface area contributed by atoms with Gasteiger partial charge in [-0.2, -0.15) is 0 Å². The molecule has 1 amide bonds. The van der Waals surface area contributed by atoms with Crippen LogP contribution in [-0.2, 0) is 0 Å². The summed E-state index contributed by atoms with van der Waals surface area (Å²) >= 11 is 6.26. The summed E-state index contributed by atoms with van der Waals surface area (Å²) < 4.78 is 12.9. The molecular formula is C17H21Cl2N5O3. The number of hydrogen-bond acceptors (Lipinski definition) is 6. The standard InChI is InChI=1S/C17H20ClN5O3.ClH/c1-10-16(21-22-23(10)11-2-4-19-5-3-11)17(24)20-13-9-15-14(8-12(13)18)25-6-7-26-15;/h8-9,11,19H,2-7H2,1H3,(H,20,24);1H. The maximum Gasteiger partial charge on any atom is 0.278 e. The minimum absolute atomic E-state index is 0. The number of piperidine rings is 1. The molecule has 0 saturated carbocycles. The number of halogens is 2. The number of anilines is 1. The first kappa shape index (κ1) is 19.7. The molecule has 0 spiro atoms. The molecular weight excluding hydrogens is 393 g/mol. The van der Waals surface area contributed by atoms with Crippen LogP contribution >= 0.6 is 24.0 Å². The van der Waals surface area contributed by atoms with Crippen LogP contribution in [0.5, 0.6) is 11.5 Å². The molecule has 3 heterocycles. The van der Waals surface area contributed by atoms with Crippen molar-refractivity contribution in [3.05, 3.63) is 28.5 Å². The third-order valence-electron chi connectivity index (χ3n) is 4.68. The lowest BCUT2D eigenvalue weighted by atomic mass is 10.1. The summed E-state index contributed by atoms with van der Waals surface area (Å²) in [4.78, 5) is 12.7. The van der Waals surface area contributed by atoms with Crippen molar-refractivity contribution in [1.29, 1.82) is 0 Å². The first-order valence-corrected chi connectivity index (χ1v) is 9.04. The van der Waals surface area contributed by atoms with E-state index in [9.17, 15) is 4.79 Å². The number of fused-ring (bicyclic) bond motifs is 1. The Morgan fingerprint density at radius 2 is 1.93 bits per heavy atom. The normalized spacial score (nSPS) is 16.5. The van der Waals surface area contributed by atoms with Crippen molar-refractivity contribution >= 4 is 35.6 Å². The van der Waals surface area contributed by atoms with Gasteiger partial charge in [-0.25, -0.2) is 4.68 Å². The van der Waals surface area contributed by atoms with E-state index in [-0.39, 0.29) is 24.4 Å². The van der Waals surface area contributed by atoms with Gasteiger partial charge in [0, 0.05) is 12.1 Å². The first-order valence-electron chi connectivity index (χ1n) is 8.66. The van der Waals surface area contributed by atoms with Crippen LogP contribution in [0, 0.1) is 6.92 Å². The number of carbonyl (C=O) groups is 1. The van der Waals surface area contributed by atoms with E-state index in [1.165, 1.54) is 0 Å². The fourth-order valence-electron chi connectivity index (χ4n) is 3.29. The Balaban J connectivity index is 0.00000210. The molecule has 2 aromatic rings. The maximum absolute atomic E-state index is 12.7. The predicted molar refractivity (Wildman–Crippen MR) is 104 cm³/mol. The van der Waals surface area contributed by atoms with Crippen LogP contribution in [-0.4, -0.2) is 47.2 Å². The topological polar surface area (TPSA) is 90.3 Å². The zero-order valence-corrected chi connectivity index (χ0v) is 16.4. The summed E-state index contributed by atoms with van der Waals surface area (Å²) in [5.74, 6) is 0.791. The van der Waals surface area contributed by atoms with Crippen molar-refractivity contribution in [3.63, 3.8) is 0 Å². The van der Waals surface area contributed by atoms with Crippen LogP contribution in [0.3, 0.4) is 0 Å². The number of nitrogens with zero attached hydrogens (tertiary/aromatic N) is 3. The highest BCUT2D eigenvalue weighted by Gasteiger charge is 2.24. The number of rotatable bonds is 3. The van der Waals surface area contributed by atoms with Gasteiger partial charge in [-0.1, -0.05) is 16.8 Å². The van der Waals surface area contributed by atoms with Gasteiger partial charge in [0.2, 0.25) is 0 Å². The first-order chi connectivity index (χ1) is 12.6. The third-order valence-corrected chi connectivity index (χ3v) is 4.99. The van der Waals surface area contributed by atoms with Gasteiger partial charge in [0.25, 0.3) is 5.91 Å². The fourth-order valence-corrected chi connectivity index (χ4v) is 3.49. The van der Waals surface area contributed by atoms with Crippen molar-refractivity contribution in [2.75, 3.05) is 31.6 Å². The summed E-state index contributed by atoms with van der Waals surface area (Å²) in [6.07, 6.45) is 1.94. The smallest absolute Gasteiger partial charge is 0.278 e. The van der Waals surface area contributed by atoms with E-state index >= 15 is 0 Å². The monoisotopic (exact) mass is 413 g/mol. The second-order valence-corrected chi connectivity index (χ2v) is 6.79. The Bertz CT molecular complexity index is 836. The highest BCUT2D eigenvalue weighted by molar-refractivity contribution is 6.34. The predicted octanol–water partition coefficient (Wildman–Crippen LogP) is 2.61. The van der Waals surface area contributed by atoms with Crippen molar-refractivity contribution in [2.45, 2.75) is 25.8 Å². The highest BCUT2D eigenvalue weighted by Crippen LogP contribution is 2.38. The lowest BCUT2D eigenvalue weighted by Gasteiger charge is -2.23. The average molecular weight is 414 g/mol. The number of aromatic nitrogens is 3. The molecule has 0 bridgehead atoms. The van der Waals surface area contributed by atoms with Crippen molar-refractivity contribution < 1.29 is 14.3 Å². The molecule has 146 valence electrons. The van der Waals surface area contributed by atoms with Crippen LogP contribution in [0.2, 0.25) is 5.02 Å². The zero-order valence-electron chi connectivity index (χ0n) is 14.8. The Morgan fingerprint density at radius 3 is 2.63 bits per heavy atom. The number of benzene rings is 1. The molecule has 1 saturated heterocycles. The quantitative estimate of drug-likeness (QED) is 0.803. The number of nitrogens with one attached hydrogen (secondary N) is 2. The summed E-state index contributed by atoms with van der Waals surface area (Å²) in [5.41, 5.74) is 1.51. The average Bonchev–Trinajstić information content (AvgIpc) is 3.04. The molecule has 1 fully saturated rings. The van der Waals surface area contributed by atoms with Crippen LogP contribution in [0.1, 0.15) is 35.1 Å². The van der Waals surface area contributed by atoms with Gasteiger partial charge in [0.1, 0.15) is 13.2 Å². The van der Waals surface area contributed by atoms with Gasteiger partial charge in [-0.15, -0.1) is 17.5 Å². The molecule has 2 N–H and O–H groups in total. The Kier molecular flexibility index (Phi) is 6.08. The second kappa shape index (κ2) is 8.33. The van der Waals surface area contributed by atoms with Gasteiger partial charge in [-0.05, 0) is 32.9 Å². The summed E-state index contributed by atoms with van der Waals surface area (Å²) in [7, 11) is 0. The van der Waals surface area contributed by atoms with Gasteiger partial charge in [0.15, 0.2) is 17.2 Å². The molecule has 4 rings (SSSR count). The molecule has 8 nitrogen and oxygen atoms in total. The number of hydrogen-bond donors (Lipinski definition) is 2. The number of carbonyl (C=O) groups excluding carboxylic acids is 1. The van der Waals surface area contributed by atoms with Gasteiger partial charge in [-0.3, -0.25) is 4.79 Å². The molecule has 0 atom stereocenters. The summed E-state index contributed by atoms with van der Waals surface area (Å²) in [5, 5.41) is 14.8. The van der Waals surface area contributed by atoms with E-state index in [2.05, 4.69) is 20.9 Å². The van der Waals surface area contributed by atoms with Crippen LogP contribution < -0.4 is 20.1 Å². The molecule has 2 aliphatic heterocycles. The summed E-state index contributed by atoms with van der Waals surface area (Å²) in [6.45, 7) is 4.69. The van der Waals surface area contributed by atoms with E-state index in [0.29, 0.717) is 41.1 Å². The molecule has 1 aromatic heterocycles. The van der Waals surface area contributed by atoms with Gasteiger partial charge in [0.05, 0.1) is 22.4 Å². The number of amides is 1. The maximum atomic E-state index is 12.7. The largest absolute Gasteiger partial charge is 0.486 e. The molecule has 27 heavy (non-hydrogen) atoms. The van der Waals surface area contributed by atoms with Crippen LogP contribution in [0.25, 0.3) is 0 Å². The molecule has 0 aliphatic carbocycles. The van der Waals surface area contributed by atoms with E-state index in [0.717, 1.165) is 31.6 Å². The summed E-state index contributed by atoms with van der Waals surface area (Å²) in [6, 6.07) is 3.58. The van der Waals surface area contributed by atoms with E-state index in [1.807, 2.05) is 11.6 Å². The Hall–Kier alpha value is -2.03. The third kappa shape index (κ3) is 3.97. The fraction of sp³-hybridized carbons (Fsp3) is 0.471. The lowest BCUT2D eigenvalue weighted by Crippen LogP contribution is -2.30. The van der Waals surface area contributed by atoms with E-state index in [4.69, 9.17) is 21.1 Å². The minimum Gasteiger partial charge on any atom is -0.486 e. The second-order valence-electron chi connectivity index (χ2n) is 6.38. The zero-order chi connectivity index (χ0) is 18.1. The van der Waals surface area contributed by atoms with Crippen molar-refractivity contribution in [1.82, 2.24) is 20.3 Å². The minimum atomic E-state index is -0.346. The van der Waals surface area contributed by atoms with Crippen molar-refractivity contribution in [2.24, 2.45) is 0 Å². The molecule has 1 aromatic carbocycles. The molecule has 0 radical (unpaired) electrons. The highest BCUT2D eigenvalue weighted by atomic mass is 35.5. The van der Waals surface area contributed by atoms with Crippen LogP contribution in [0.4, 0.5) is 5.69 Å². The Labute approximate surface area is 168 Å². The Morgan fingerprint density at radius 1 is 1.26 bits per heavy atom. The SMILES string of the molecule is Cc1c(C(=O)Nc2cc3c(cc2Cl)OCCO3)nnn1C1CCNCC1.Cl. The lowest BCUT2D eigenvalue weighted by molar-refractivity contribution is 0.102. The molecule has 2 aliphatic rings. The van der Waals surface area contributed by atoms with Gasteiger partial charge >= 0.3 is 0 Å². The van der Waals surface area contributed by atoms with Gasteiger partial charge < -0.3 is 20.1 Å².